The van der Waals surface area contributed by atoms with Gasteiger partial charge in [-0.2, -0.15) is 0 Å². The number of amides is 1. The molecule has 0 aromatic heterocycles. The monoisotopic (exact) mass is 242 g/mol. The maximum absolute atomic E-state index is 11.7. The van der Waals surface area contributed by atoms with E-state index in [2.05, 4.69) is 5.32 Å². The first kappa shape index (κ1) is 14.0. The van der Waals surface area contributed by atoms with Gasteiger partial charge in [0.05, 0.1) is 5.41 Å². The Bertz CT molecular complexity index is 283. The fourth-order valence-corrected chi connectivity index (χ4v) is 2.31. The average molecular weight is 242 g/mol. The van der Waals surface area contributed by atoms with Gasteiger partial charge in [-0.15, -0.1) is 0 Å². The maximum Gasteiger partial charge on any atom is 0.310 e. The molecule has 0 bridgehead atoms. The van der Waals surface area contributed by atoms with Crippen molar-refractivity contribution in [1.29, 1.82) is 0 Å². The molecule has 1 amide bonds. The molecule has 0 aromatic rings. The van der Waals surface area contributed by atoms with E-state index in [1.165, 1.54) is 0 Å². The quantitative estimate of drug-likeness (QED) is 0.719. The van der Waals surface area contributed by atoms with Crippen LogP contribution in [0.3, 0.4) is 0 Å². The molecule has 0 aliphatic heterocycles. The van der Waals surface area contributed by atoms with Crippen molar-refractivity contribution in [3.8, 4) is 0 Å². The number of hydrogen-bond donors (Lipinski definition) is 2. The van der Waals surface area contributed by atoms with Gasteiger partial charge in [-0.1, -0.05) is 12.8 Å². The van der Waals surface area contributed by atoms with E-state index in [-0.39, 0.29) is 12.3 Å². The zero-order valence-electron chi connectivity index (χ0n) is 10.7. The van der Waals surface area contributed by atoms with Crippen LogP contribution in [0.25, 0.3) is 0 Å². The third-order valence-corrected chi connectivity index (χ3v) is 3.39. The first-order valence-electron chi connectivity index (χ1n) is 6.11. The molecule has 98 valence electrons. The number of likely N-dealkylation sites (N-methyl/N-ethyl adjacent to an activating group) is 1. The summed E-state index contributed by atoms with van der Waals surface area (Å²) in [7, 11) is 3.86. The standard InChI is InChI=1S/C12H22N2O3/c1-14(2)8-7-13-10(15)9-12(11(16)17)5-3-4-6-12/h3-9H2,1-2H3,(H,13,15)(H,16,17). The SMILES string of the molecule is CN(C)CCNC(=O)CC1(C(=O)O)CCCC1. The van der Waals surface area contributed by atoms with E-state index in [0.29, 0.717) is 19.4 Å². The van der Waals surface area contributed by atoms with Gasteiger partial charge < -0.3 is 15.3 Å². The summed E-state index contributed by atoms with van der Waals surface area (Å²) in [5.41, 5.74) is -0.803. The average Bonchev–Trinajstić information content (AvgIpc) is 2.66. The van der Waals surface area contributed by atoms with Crippen molar-refractivity contribution in [1.82, 2.24) is 10.2 Å². The highest BCUT2D eigenvalue weighted by Crippen LogP contribution is 2.41. The first-order valence-corrected chi connectivity index (χ1v) is 6.11. The van der Waals surface area contributed by atoms with Gasteiger partial charge in [-0.05, 0) is 26.9 Å². The molecular formula is C12H22N2O3. The second kappa shape index (κ2) is 6.00. The number of carbonyl (C=O) groups excluding carboxylic acids is 1. The molecule has 2 N–H and O–H groups in total. The van der Waals surface area contributed by atoms with Crippen molar-refractivity contribution in [2.45, 2.75) is 32.1 Å². The number of carboxylic acids is 1. The largest absolute Gasteiger partial charge is 0.481 e. The van der Waals surface area contributed by atoms with Crippen LogP contribution < -0.4 is 5.32 Å². The van der Waals surface area contributed by atoms with E-state index in [1.54, 1.807) is 0 Å². The maximum atomic E-state index is 11.7. The minimum atomic E-state index is -0.822. The topological polar surface area (TPSA) is 69.6 Å². The molecule has 17 heavy (non-hydrogen) atoms. The van der Waals surface area contributed by atoms with E-state index in [0.717, 1.165) is 19.4 Å². The Morgan fingerprint density at radius 2 is 1.88 bits per heavy atom. The molecular weight excluding hydrogens is 220 g/mol. The predicted molar refractivity (Wildman–Crippen MR) is 64.7 cm³/mol. The number of aliphatic carboxylic acids is 1. The highest BCUT2D eigenvalue weighted by atomic mass is 16.4. The first-order chi connectivity index (χ1) is 7.96. The van der Waals surface area contributed by atoms with Crippen molar-refractivity contribution < 1.29 is 14.7 Å². The molecule has 0 spiro atoms. The normalized spacial score (nSPS) is 18.3. The van der Waals surface area contributed by atoms with Crippen molar-refractivity contribution >= 4 is 11.9 Å². The number of carboxylic acid groups (broad SMARTS) is 1. The van der Waals surface area contributed by atoms with E-state index >= 15 is 0 Å². The highest BCUT2D eigenvalue weighted by Gasteiger charge is 2.42. The summed E-state index contributed by atoms with van der Waals surface area (Å²) in [4.78, 5) is 24.9. The molecule has 5 nitrogen and oxygen atoms in total. The van der Waals surface area contributed by atoms with Gasteiger partial charge in [0.25, 0.3) is 0 Å². The van der Waals surface area contributed by atoms with Crippen molar-refractivity contribution in [3.05, 3.63) is 0 Å². The number of hydrogen-bond acceptors (Lipinski definition) is 3. The second-order valence-electron chi connectivity index (χ2n) is 5.12. The Morgan fingerprint density at radius 3 is 2.35 bits per heavy atom. The minimum Gasteiger partial charge on any atom is -0.481 e. The molecule has 1 rings (SSSR count). The fraction of sp³-hybridized carbons (Fsp3) is 0.833. The molecule has 1 aliphatic rings. The zero-order valence-corrected chi connectivity index (χ0v) is 10.7. The zero-order chi connectivity index (χ0) is 12.9. The van der Waals surface area contributed by atoms with Gasteiger partial charge in [0.1, 0.15) is 0 Å². The Kier molecular flexibility index (Phi) is 4.93. The van der Waals surface area contributed by atoms with Gasteiger partial charge in [0.2, 0.25) is 5.91 Å². The molecule has 0 radical (unpaired) electrons. The van der Waals surface area contributed by atoms with E-state index in [4.69, 9.17) is 0 Å². The van der Waals surface area contributed by atoms with E-state index < -0.39 is 11.4 Å². The van der Waals surface area contributed by atoms with Gasteiger partial charge in [0.15, 0.2) is 0 Å². The van der Waals surface area contributed by atoms with Crippen LogP contribution in [-0.2, 0) is 9.59 Å². The molecule has 1 saturated carbocycles. The van der Waals surface area contributed by atoms with Crippen LogP contribution in [0.15, 0.2) is 0 Å². The van der Waals surface area contributed by atoms with Crippen LogP contribution in [0.5, 0.6) is 0 Å². The number of rotatable bonds is 6. The van der Waals surface area contributed by atoms with Crippen molar-refractivity contribution in [3.63, 3.8) is 0 Å². The fourth-order valence-electron chi connectivity index (χ4n) is 2.31. The van der Waals surface area contributed by atoms with Crippen LogP contribution in [0.1, 0.15) is 32.1 Å². The highest BCUT2D eigenvalue weighted by molar-refractivity contribution is 5.85. The minimum absolute atomic E-state index is 0.121. The molecule has 0 aromatic carbocycles. The Balaban J connectivity index is 2.40. The van der Waals surface area contributed by atoms with Crippen molar-refractivity contribution in [2.24, 2.45) is 5.41 Å². The van der Waals surface area contributed by atoms with Crippen LogP contribution in [0, 0.1) is 5.41 Å². The summed E-state index contributed by atoms with van der Waals surface area (Å²) in [5, 5.41) is 12.0. The lowest BCUT2D eigenvalue weighted by Gasteiger charge is -2.23. The summed E-state index contributed by atoms with van der Waals surface area (Å²) >= 11 is 0. The summed E-state index contributed by atoms with van der Waals surface area (Å²) < 4.78 is 0. The molecule has 0 heterocycles. The van der Waals surface area contributed by atoms with E-state index in [1.807, 2.05) is 19.0 Å². The lowest BCUT2D eigenvalue weighted by Crippen LogP contribution is -2.38. The number of nitrogens with zero attached hydrogens (tertiary/aromatic N) is 1. The third-order valence-electron chi connectivity index (χ3n) is 3.39. The molecule has 5 heteroatoms. The van der Waals surface area contributed by atoms with Gasteiger partial charge in [-0.3, -0.25) is 9.59 Å². The van der Waals surface area contributed by atoms with Crippen LogP contribution >= 0.6 is 0 Å². The lowest BCUT2D eigenvalue weighted by molar-refractivity contribution is -0.151. The summed E-state index contributed by atoms with van der Waals surface area (Å²) in [6.45, 7) is 1.34. The van der Waals surface area contributed by atoms with Crippen LogP contribution in [-0.4, -0.2) is 49.1 Å². The summed E-state index contributed by atoms with van der Waals surface area (Å²) in [6, 6.07) is 0. The van der Waals surface area contributed by atoms with Gasteiger partial charge in [0, 0.05) is 19.5 Å². The summed E-state index contributed by atoms with van der Waals surface area (Å²) in [6.07, 6.45) is 3.21. The Morgan fingerprint density at radius 1 is 1.29 bits per heavy atom. The molecule has 0 atom stereocenters. The summed E-state index contributed by atoms with van der Waals surface area (Å²) in [5.74, 6) is -0.964. The van der Waals surface area contributed by atoms with E-state index in [9.17, 15) is 14.7 Å². The third kappa shape index (κ3) is 4.00. The van der Waals surface area contributed by atoms with Crippen LogP contribution in [0.4, 0.5) is 0 Å². The molecule has 1 aliphatic carbocycles. The molecule has 1 fully saturated rings. The van der Waals surface area contributed by atoms with Gasteiger partial charge in [-0.25, -0.2) is 0 Å². The second-order valence-corrected chi connectivity index (χ2v) is 5.12. The number of carbonyl (C=O) groups is 2. The van der Waals surface area contributed by atoms with Crippen molar-refractivity contribution in [2.75, 3.05) is 27.2 Å². The Labute approximate surface area is 102 Å². The smallest absolute Gasteiger partial charge is 0.310 e. The molecule has 0 saturated heterocycles. The van der Waals surface area contributed by atoms with Crippen LogP contribution in [0.2, 0.25) is 0 Å². The van der Waals surface area contributed by atoms with Gasteiger partial charge >= 0.3 is 5.97 Å². The Hall–Kier alpha value is -1.10. The predicted octanol–water partition coefficient (Wildman–Crippen LogP) is 0.699. The lowest BCUT2D eigenvalue weighted by atomic mass is 9.82. The molecule has 0 unspecified atom stereocenters. The number of nitrogens with one attached hydrogen (secondary N) is 1.